The second-order valence-corrected chi connectivity index (χ2v) is 6.79. The lowest BCUT2D eigenvalue weighted by atomic mass is 9.92. The first-order chi connectivity index (χ1) is 11.2. The molecule has 4 amide bonds. The number of imide groups is 1. The Hall–Kier alpha value is -1.79. The van der Waals surface area contributed by atoms with Crippen LogP contribution in [0.25, 0.3) is 0 Å². The molecule has 8 heteroatoms. The normalized spacial score (nSPS) is 21.6. The number of rotatable bonds is 5. The fourth-order valence-corrected chi connectivity index (χ4v) is 3.08. The fraction of sp³-hybridized carbons (Fsp3) is 0.438. The van der Waals surface area contributed by atoms with E-state index in [0.717, 1.165) is 11.3 Å². The van der Waals surface area contributed by atoms with Crippen LogP contribution in [0, 0.1) is 0 Å². The molecule has 0 radical (unpaired) electrons. The van der Waals surface area contributed by atoms with Crippen molar-refractivity contribution in [2.24, 2.45) is 0 Å². The van der Waals surface area contributed by atoms with Crippen molar-refractivity contribution in [2.75, 3.05) is 6.54 Å². The first-order valence-electron chi connectivity index (χ1n) is 7.58. The summed E-state index contributed by atoms with van der Waals surface area (Å²) in [5, 5.41) is 6.03. The van der Waals surface area contributed by atoms with Gasteiger partial charge in [-0.25, -0.2) is 4.79 Å². The summed E-state index contributed by atoms with van der Waals surface area (Å²) in [6.45, 7) is 4.99. The lowest BCUT2D eigenvalue weighted by Crippen LogP contribution is -2.44. The number of hydrogen-bond donors (Lipinski definition) is 2. The minimum absolute atomic E-state index is 0.0321. The van der Waals surface area contributed by atoms with Gasteiger partial charge in [-0.15, -0.1) is 0 Å². The van der Waals surface area contributed by atoms with Gasteiger partial charge in [0, 0.05) is 21.7 Å². The van der Waals surface area contributed by atoms with Crippen LogP contribution in [-0.2, 0) is 15.1 Å². The SMILES string of the molecule is CCC(C)NC(=O)CN1C(=O)NC(C)(c2ccc(Cl)cc2Cl)C1=O. The molecule has 1 heterocycles. The molecule has 130 valence electrons. The summed E-state index contributed by atoms with van der Waals surface area (Å²) >= 11 is 12.0. The van der Waals surface area contributed by atoms with E-state index >= 15 is 0 Å². The molecule has 1 aliphatic rings. The molecule has 6 nitrogen and oxygen atoms in total. The molecule has 0 aliphatic carbocycles. The molecule has 0 saturated carbocycles. The molecule has 1 aromatic rings. The lowest BCUT2D eigenvalue weighted by molar-refractivity contribution is -0.135. The first-order valence-corrected chi connectivity index (χ1v) is 8.33. The predicted molar refractivity (Wildman–Crippen MR) is 92.0 cm³/mol. The Bertz CT molecular complexity index is 695. The van der Waals surface area contributed by atoms with Gasteiger partial charge >= 0.3 is 6.03 Å². The molecular weight excluding hydrogens is 353 g/mol. The summed E-state index contributed by atoms with van der Waals surface area (Å²) < 4.78 is 0. The Morgan fingerprint density at radius 2 is 2.04 bits per heavy atom. The van der Waals surface area contributed by atoms with Gasteiger partial charge in [0.1, 0.15) is 12.1 Å². The van der Waals surface area contributed by atoms with E-state index in [1.54, 1.807) is 19.1 Å². The molecular formula is C16H19Cl2N3O3. The van der Waals surface area contributed by atoms with Crippen LogP contribution in [-0.4, -0.2) is 35.3 Å². The zero-order valence-electron chi connectivity index (χ0n) is 13.7. The molecule has 0 spiro atoms. The third-order valence-electron chi connectivity index (χ3n) is 4.07. The maximum Gasteiger partial charge on any atom is 0.325 e. The van der Waals surface area contributed by atoms with Gasteiger partial charge in [0.25, 0.3) is 5.91 Å². The van der Waals surface area contributed by atoms with E-state index in [1.165, 1.54) is 6.07 Å². The number of hydrogen-bond acceptors (Lipinski definition) is 3. The van der Waals surface area contributed by atoms with Crippen LogP contribution < -0.4 is 10.6 Å². The van der Waals surface area contributed by atoms with Crippen LogP contribution >= 0.6 is 23.2 Å². The van der Waals surface area contributed by atoms with Crippen molar-refractivity contribution >= 4 is 41.0 Å². The van der Waals surface area contributed by atoms with Gasteiger partial charge in [-0.2, -0.15) is 0 Å². The lowest BCUT2D eigenvalue weighted by Gasteiger charge is -2.23. The number of carbonyl (C=O) groups is 3. The van der Waals surface area contributed by atoms with E-state index < -0.39 is 17.5 Å². The number of benzene rings is 1. The van der Waals surface area contributed by atoms with Gasteiger partial charge in [0.05, 0.1) is 0 Å². The minimum atomic E-state index is -1.34. The molecule has 2 unspecified atom stereocenters. The number of nitrogens with one attached hydrogen (secondary N) is 2. The van der Waals surface area contributed by atoms with E-state index in [0.29, 0.717) is 10.6 Å². The highest BCUT2D eigenvalue weighted by Crippen LogP contribution is 2.34. The quantitative estimate of drug-likeness (QED) is 0.780. The fourth-order valence-electron chi connectivity index (χ4n) is 2.48. The predicted octanol–water partition coefficient (Wildman–Crippen LogP) is 2.68. The Labute approximate surface area is 150 Å². The standard InChI is InChI=1S/C16H19Cl2N3O3/c1-4-9(2)19-13(22)8-21-14(23)16(3,20-15(21)24)11-6-5-10(17)7-12(11)18/h5-7,9H,4,8H2,1-3H3,(H,19,22)(H,20,24). The van der Waals surface area contributed by atoms with Gasteiger partial charge < -0.3 is 10.6 Å². The maximum absolute atomic E-state index is 12.7. The van der Waals surface area contributed by atoms with Crippen LogP contribution in [0.4, 0.5) is 4.79 Å². The third kappa shape index (κ3) is 3.49. The zero-order valence-corrected chi connectivity index (χ0v) is 15.2. The number of amides is 4. The highest BCUT2D eigenvalue weighted by Gasteiger charge is 2.50. The second kappa shape index (κ2) is 6.99. The number of carbonyl (C=O) groups excluding carboxylic acids is 3. The molecule has 1 fully saturated rings. The Morgan fingerprint density at radius 1 is 1.38 bits per heavy atom. The Morgan fingerprint density at radius 3 is 2.62 bits per heavy atom. The summed E-state index contributed by atoms with van der Waals surface area (Å²) in [7, 11) is 0. The number of nitrogens with zero attached hydrogens (tertiary/aromatic N) is 1. The summed E-state index contributed by atoms with van der Waals surface area (Å²) in [6, 6.07) is 4.02. The molecule has 2 atom stereocenters. The van der Waals surface area contributed by atoms with E-state index in [-0.39, 0.29) is 23.5 Å². The maximum atomic E-state index is 12.7. The van der Waals surface area contributed by atoms with Crippen molar-refractivity contribution in [1.82, 2.24) is 15.5 Å². The van der Waals surface area contributed by atoms with E-state index in [9.17, 15) is 14.4 Å². The molecule has 2 rings (SSSR count). The van der Waals surface area contributed by atoms with Gasteiger partial charge in [-0.1, -0.05) is 36.2 Å². The van der Waals surface area contributed by atoms with Crippen molar-refractivity contribution in [3.8, 4) is 0 Å². The van der Waals surface area contributed by atoms with E-state index in [2.05, 4.69) is 10.6 Å². The van der Waals surface area contributed by atoms with Gasteiger partial charge in [-0.3, -0.25) is 14.5 Å². The topological polar surface area (TPSA) is 78.5 Å². The van der Waals surface area contributed by atoms with Crippen LogP contribution in [0.5, 0.6) is 0 Å². The van der Waals surface area contributed by atoms with Crippen molar-refractivity contribution < 1.29 is 14.4 Å². The van der Waals surface area contributed by atoms with Gasteiger partial charge in [0.2, 0.25) is 5.91 Å². The number of urea groups is 1. The zero-order chi connectivity index (χ0) is 18.1. The smallest absolute Gasteiger partial charge is 0.325 e. The molecule has 2 N–H and O–H groups in total. The average Bonchev–Trinajstić information content (AvgIpc) is 2.71. The molecule has 1 saturated heterocycles. The summed E-state index contributed by atoms with van der Waals surface area (Å²) in [6.07, 6.45) is 0.754. The van der Waals surface area contributed by atoms with Crippen LogP contribution in [0.15, 0.2) is 18.2 Å². The largest absolute Gasteiger partial charge is 0.352 e. The molecule has 0 aromatic heterocycles. The molecule has 24 heavy (non-hydrogen) atoms. The van der Waals surface area contributed by atoms with Crippen molar-refractivity contribution in [3.05, 3.63) is 33.8 Å². The Kier molecular flexibility index (Phi) is 5.40. The van der Waals surface area contributed by atoms with Crippen molar-refractivity contribution in [3.63, 3.8) is 0 Å². The highest BCUT2D eigenvalue weighted by molar-refractivity contribution is 6.35. The van der Waals surface area contributed by atoms with Crippen molar-refractivity contribution in [2.45, 2.75) is 38.8 Å². The second-order valence-electron chi connectivity index (χ2n) is 5.95. The summed E-state index contributed by atoms with van der Waals surface area (Å²) in [4.78, 5) is 37.8. The molecule has 1 aromatic carbocycles. The number of halogens is 2. The first kappa shape index (κ1) is 18.5. The third-order valence-corrected chi connectivity index (χ3v) is 4.61. The highest BCUT2D eigenvalue weighted by atomic mass is 35.5. The van der Waals surface area contributed by atoms with E-state index in [1.807, 2.05) is 13.8 Å². The summed E-state index contributed by atoms with van der Waals surface area (Å²) in [5.74, 6) is -0.921. The average molecular weight is 372 g/mol. The van der Waals surface area contributed by atoms with E-state index in [4.69, 9.17) is 23.2 Å². The van der Waals surface area contributed by atoms with Crippen LogP contribution in [0.2, 0.25) is 10.0 Å². The minimum Gasteiger partial charge on any atom is -0.352 e. The summed E-state index contributed by atoms with van der Waals surface area (Å²) in [5.41, 5.74) is -0.910. The van der Waals surface area contributed by atoms with Crippen LogP contribution in [0.1, 0.15) is 32.8 Å². The molecule has 0 bridgehead atoms. The van der Waals surface area contributed by atoms with Gasteiger partial charge in [-0.05, 0) is 32.4 Å². The van der Waals surface area contributed by atoms with Gasteiger partial charge in [0.15, 0.2) is 0 Å². The van der Waals surface area contributed by atoms with Crippen LogP contribution in [0.3, 0.4) is 0 Å². The molecule has 1 aliphatic heterocycles. The Balaban J connectivity index is 2.23. The monoisotopic (exact) mass is 371 g/mol. The van der Waals surface area contributed by atoms with Crippen molar-refractivity contribution in [1.29, 1.82) is 0 Å².